The minimum absolute atomic E-state index is 0.0765. The van der Waals surface area contributed by atoms with Crippen LogP contribution in [0.25, 0.3) is 0 Å². The second-order valence-corrected chi connectivity index (χ2v) is 4.78. The van der Waals surface area contributed by atoms with E-state index >= 15 is 0 Å². The summed E-state index contributed by atoms with van der Waals surface area (Å²) in [5, 5.41) is 14.0. The zero-order valence-electron chi connectivity index (χ0n) is 9.75. The van der Waals surface area contributed by atoms with Gasteiger partial charge in [0.05, 0.1) is 0 Å². The van der Waals surface area contributed by atoms with Gasteiger partial charge in [-0.25, -0.2) is 4.98 Å². The number of aryl methyl sites for hydroxylation is 1. The zero-order chi connectivity index (χ0) is 13.1. The van der Waals surface area contributed by atoms with Crippen LogP contribution in [0.5, 0.6) is 5.75 Å². The van der Waals surface area contributed by atoms with Gasteiger partial charge in [-0.3, -0.25) is 4.79 Å². The molecule has 94 valence electrons. The van der Waals surface area contributed by atoms with Crippen LogP contribution >= 0.6 is 11.3 Å². The average molecular weight is 263 g/mol. The van der Waals surface area contributed by atoms with Crippen molar-refractivity contribution in [2.45, 2.75) is 13.0 Å². The third-order valence-electron chi connectivity index (χ3n) is 2.39. The number of carbonyl (C=O) groups excluding carboxylic acids is 1. The number of hydrogen-bond donors (Lipinski definition) is 3. The molecule has 0 saturated carbocycles. The molecule has 2 rings (SSSR count). The van der Waals surface area contributed by atoms with E-state index in [9.17, 15) is 9.90 Å². The maximum Gasteiger partial charge on any atom is 0.247 e. The molecule has 0 aliphatic rings. The molecule has 0 aliphatic heterocycles. The summed E-state index contributed by atoms with van der Waals surface area (Å²) in [4.78, 5) is 16.7. The number of aromatic hydroxyl groups is 1. The van der Waals surface area contributed by atoms with Crippen LogP contribution in [-0.2, 0) is 4.79 Å². The Hall–Kier alpha value is -1.92. The van der Waals surface area contributed by atoms with Crippen LogP contribution in [0.15, 0.2) is 29.6 Å². The van der Waals surface area contributed by atoms with Gasteiger partial charge < -0.3 is 16.2 Å². The normalized spacial score (nSPS) is 12.1. The highest BCUT2D eigenvalue weighted by molar-refractivity contribution is 7.10. The van der Waals surface area contributed by atoms with Gasteiger partial charge in [-0.1, -0.05) is 6.07 Å². The Labute approximate surface area is 108 Å². The fourth-order valence-electron chi connectivity index (χ4n) is 1.43. The number of rotatable bonds is 3. The SMILES string of the molecule is Cc1ccc(O)c(NC(=O)C(N)c2cccs2)n1. The number of nitrogens with two attached hydrogens (primary N) is 1. The van der Waals surface area contributed by atoms with Gasteiger partial charge in [0.25, 0.3) is 0 Å². The second-order valence-electron chi connectivity index (χ2n) is 3.80. The number of aromatic nitrogens is 1. The van der Waals surface area contributed by atoms with Crippen molar-refractivity contribution in [3.8, 4) is 5.75 Å². The van der Waals surface area contributed by atoms with E-state index in [0.717, 1.165) is 4.88 Å². The van der Waals surface area contributed by atoms with Gasteiger partial charge in [0, 0.05) is 10.6 Å². The lowest BCUT2D eigenvalue weighted by Gasteiger charge is -2.11. The molecule has 6 heteroatoms. The van der Waals surface area contributed by atoms with E-state index < -0.39 is 11.9 Å². The van der Waals surface area contributed by atoms with Crippen LogP contribution in [0, 0.1) is 6.92 Å². The summed E-state index contributed by atoms with van der Waals surface area (Å²) in [5.41, 5.74) is 6.51. The van der Waals surface area contributed by atoms with Crippen LogP contribution in [0.1, 0.15) is 16.6 Å². The first-order valence-corrected chi connectivity index (χ1v) is 6.22. The number of amides is 1. The molecule has 0 bridgehead atoms. The summed E-state index contributed by atoms with van der Waals surface area (Å²) >= 11 is 1.41. The molecule has 2 heterocycles. The topological polar surface area (TPSA) is 88.2 Å². The van der Waals surface area contributed by atoms with E-state index in [1.54, 1.807) is 19.1 Å². The molecule has 2 aromatic rings. The molecule has 0 fully saturated rings. The smallest absolute Gasteiger partial charge is 0.247 e. The zero-order valence-corrected chi connectivity index (χ0v) is 10.6. The third kappa shape index (κ3) is 2.66. The minimum Gasteiger partial charge on any atom is -0.504 e. The lowest BCUT2D eigenvalue weighted by Crippen LogP contribution is -2.27. The van der Waals surface area contributed by atoms with Crippen molar-refractivity contribution >= 4 is 23.1 Å². The predicted octanol–water partition coefficient (Wildman–Crippen LogP) is 1.80. The van der Waals surface area contributed by atoms with Crippen molar-refractivity contribution in [2.24, 2.45) is 5.73 Å². The highest BCUT2D eigenvalue weighted by atomic mass is 32.1. The van der Waals surface area contributed by atoms with Crippen molar-refractivity contribution in [1.29, 1.82) is 0 Å². The van der Waals surface area contributed by atoms with Crippen molar-refractivity contribution in [3.05, 3.63) is 40.2 Å². The maximum atomic E-state index is 11.9. The summed E-state index contributed by atoms with van der Waals surface area (Å²) in [6.07, 6.45) is 0. The Bertz CT molecular complexity index is 554. The number of nitrogens with zero attached hydrogens (tertiary/aromatic N) is 1. The molecule has 5 nitrogen and oxygen atoms in total. The molecule has 1 amide bonds. The molecule has 1 atom stereocenters. The van der Waals surface area contributed by atoms with Crippen molar-refractivity contribution < 1.29 is 9.90 Å². The van der Waals surface area contributed by atoms with Crippen molar-refractivity contribution in [1.82, 2.24) is 4.98 Å². The first-order valence-electron chi connectivity index (χ1n) is 5.34. The summed E-state index contributed by atoms with van der Waals surface area (Å²) in [6.45, 7) is 1.77. The Kier molecular flexibility index (Phi) is 3.59. The molecule has 0 aliphatic carbocycles. The van der Waals surface area contributed by atoms with Crippen LogP contribution < -0.4 is 11.1 Å². The Morgan fingerprint density at radius 2 is 2.28 bits per heavy atom. The summed E-state index contributed by atoms with van der Waals surface area (Å²) < 4.78 is 0. The molecule has 0 saturated heterocycles. The fourth-order valence-corrected chi connectivity index (χ4v) is 2.16. The van der Waals surface area contributed by atoms with Crippen LogP contribution in [0.4, 0.5) is 5.82 Å². The molecule has 2 aromatic heterocycles. The molecular weight excluding hydrogens is 250 g/mol. The van der Waals surface area contributed by atoms with Gasteiger partial charge in [-0.2, -0.15) is 0 Å². The lowest BCUT2D eigenvalue weighted by atomic mass is 10.2. The summed E-state index contributed by atoms with van der Waals surface area (Å²) in [6, 6.07) is 6.00. The molecular formula is C12H13N3O2S. The Morgan fingerprint density at radius 3 is 2.94 bits per heavy atom. The van der Waals surface area contributed by atoms with Crippen molar-refractivity contribution in [3.63, 3.8) is 0 Å². The van der Waals surface area contributed by atoms with Crippen LogP contribution in [-0.4, -0.2) is 16.0 Å². The highest BCUT2D eigenvalue weighted by Crippen LogP contribution is 2.23. The van der Waals surface area contributed by atoms with E-state index in [1.807, 2.05) is 11.4 Å². The largest absolute Gasteiger partial charge is 0.504 e. The molecule has 0 aromatic carbocycles. The minimum atomic E-state index is -0.758. The molecule has 0 radical (unpaired) electrons. The van der Waals surface area contributed by atoms with Gasteiger partial charge in [0.1, 0.15) is 6.04 Å². The average Bonchev–Trinajstić information content (AvgIpc) is 2.86. The molecule has 18 heavy (non-hydrogen) atoms. The standard InChI is InChI=1S/C12H13N3O2S/c1-7-4-5-8(16)11(14-7)15-12(17)10(13)9-3-2-6-18-9/h2-6,10,16H,13H2,1H3,(H,14,15,17). The van der Waals surface area contributed by atoms with Gasteiger partial charge in [0.2, 0.25) is 5.91 Å². The number of carbonyl (C=O) groups is 1. The van der Waals surface area contributed by atoms with E-state index in [1.165, 1.54) is 17.4 Å². The maximum absolute atomic E-state index is 11.9. The van der Waals surface area contributed by atoms with Crippen LogP contribution in [0.2, 0.25) is 0 Å². The number of thiophene rings is 1. The molecule has 4 N–H and O–H groups in total. The van der Waals surface area contributed by atoms with Gasteiger partial charge in [0.15, 0.2) is 11.6 Å². The molecule has 1 unspecified atom stereocenters. The fraction of sp³-hybridized carbons (Fsp3) is 0.167. The first-order chi connectivity index (χ1) is 8.58. The summed E-state index contributed by atoms with van der Waals surface area (Å²) in [7, 11) is 0. The van der Waals surface area contributed by atoms with Crippen molar-refractivity contribution in [2.75, 3.05) is 5.32 Å². The first kappa shape index (κ1) is 12.5. The van der Waals surface area contributed by atoms with Gasteiger partial charge in [-0.15, -0.1) is 11.3 Å². The number of hydrogen-bond acceptors (Lipinski definition) is 5. The van der Waals surface area contributed by atoms with E-state index in [0.29, 0.717) is 5.69 Å². The van der Waals surface area contributed by atoms with E-state index in [-0.39, 0.29) is 11.6 Å². The monoisotopic (exact) mass is 263 g/mol. The molecule has 0 spiro atoms. The number of nitrogens with one attached hydrogen (secondary N) is 1. The Morgan fingerprint density at radius 1 is 1.50 bits per heavy atom. The third-order valence-corrected chi connectivity index (χ3v) is 3.34. The number of anilines is 1. The lowest BCUT2D eigenvalue weighted by molar-refractivity contribution is -0.117. The van der Waals surface area contributed by atoms with E-state index in [2.05, 4.69) is 10.3 Å². The van der Waals surface area contributed by atoms with Crippen LogP contribution in [0.3, 0.4) is 0 Å². The Balaban J connectivity index is 2.14. The van der Waals surface area contributed by atoms with Gasteiger partial charge >= 0.3 is 0 Å². The predicted molar refractivity (Wildman–Crippen MR) is 70.5 cm³/mol. The summed E-state index contributed by atoms with van der Waals surface area (Å²) in [5.74, 6) is -0.342. The quantitative estimate of drug-likeness (QED) is 0.787. The second kappa shape index (κ2) is 5.16. The van der Waals surface area contributed by atoms with Gasteiger partial charge in [-0.05, 0) is 30.5 Å². The number of pyridine rings is 1. The van der Waals surface area contributed by atoms with E-state index in [4.69, 9.17) is 5.73 Å². The highest BCUT2D eigenvalue weighted by Gasteiger charge is 2.18.